The van der Waals surface area contributed by atoms with Gasteiger partial charge in [0.2, 0.25) is 0 Å². The van der Waals surface area contributed by atoms with E-state index in [0.717, 1.165) is 18.1 Å². The lowest BCUT2D eigenvalue weighted by Crippen LogP contribution is -2.32. The molecule has 1 atom stereocenters. The van der Waals surface area contributed by atoms with Crippen LogP contribution in [-0.2, 0) is 15.1 Å². The highest BCUT2D eigenvalue weighted by Gasteiger charge is 2.53. The van der Waals surface area contributed by atoms with E-state index in [1.165, 1.54) is 42.9 Å². The SMILES string of the molecule is O=C(O)CCCCC1CCSS1.O=C1OC2(c3ccc(O)cc3Oc3cc(O)ccc32)c2ccccc21. The lowest BCUT2D eigenvalue weighted by atomic mass is 9.77. The highest BCUT2D eigenvalue weighted by atomic mass is 33.1. The van der Waals surface area contributed by atoms with Gasteiger partial charge in [0.25, 0.3) is 0 Å². The predicted molar refractivity (Wildman–Crippen MR) is 143 cm³/mol. The van der Waals surface area contributed by atoms with Crippen LogP contribution in [-0.4, -0.2) is 38.3 Å². The van der Waals surface area contributed by atoms with Crippen molar-refractivity contribution >= 4 is 33.5 Å². The largest absolute Gasteiger partial charge is 0.508 e. The van der Waals surface area contributed by atoms with Crippen LogP contribution in [0.2, 0.25) is 0 Å². The number of benzene rings is 3. The summed E-state index contributed by atoms with van der Waals surface area (Å²) in [4.78, 5) is 22.7. The van der Waals surface area contributed by atoms with Gasteiger partial charge in [-0.3, -0.25) is 4.79 Å². The summed E-state index contributed by atoms with van der Waals surface area (Å²) < 4.78 is 11.8. The zero-order valence-corrected chi connectivity index (χ0v) is 21.5. The number of phenols is 2. The maximum atomic E-state index is 12.5. The molecule has 1 unspecified atom stereocenters. The fourth-order valence-electron chi connectivity index (χ4n) is 4.87. The van der Waals surface area contributed by atoms with Crippen LogP contribution in [0.25, 0.3) is 0 Å². The van der Waals surface area contributed by atoms with Crippen molar-refractivity contribution in [3.8, 4) is 23.0 Å². The van der Waals surface area contributed by atoms with E-state index in [1.54, 1.807) is 24.3 Å². The summed E-state index contributed by atoms with van der Waals surface area (Å²) in [5.74, 6) is 1.02. The lowest BCUT2D eigenvalue weighted by Gasteiger charge is -2.36. The first kappa shape index (κ1) is 25.4. The number of rotatable bonds is 5. The Morgan fingerprint density at radius 2 is 1.62 bits per heavy atom. The van der Waals surface area contributed by atoms with Gasteiger partial charge in [0.05, 0.1) is 5.56 Å². The summed E-state index contributed by atoms with van der Waals surface area (Å²) in [5.41, 5.74) is 1.28. The van der Waals surface area contributed by atoms with Crippen LogP contribution in [0.3, 0.4) is 0 Å². The van der Waals surface area contributed by atoms with E-state index in [1.807, 2.05) is 33.7 Å². The second-order valence-corrected chi connectivity index (χ2v) is 11.8. The number of unbranched alkanes of at least 4 members (excludes halogenated alkanes) is 1. The summed E-state index contributed by atoms with van der Waals surface area (Å²) in [6, 6.07) is 16.6. The zero-order chi connectivity index (χ0) is 26.0. The van der Waals surface area contributed by atoms with Gasteiger partial charge < -0.3 is 24.8 Å². The molecule has 3 aromatic carbocycles. The van der Waals surface area contributed by atoms with Crippen molar-refractivity contribution in [2.45, 2.75) is 43.0 Å². The van der Waals surface area contributed by atoms with Crippen molar-refractivity contribution in [3.05, 3.63) is 82.9 Å². The number of hydrogen-bond acceptors (Lipinski definition) is 8. The Hall–Kier alpha value is -3.30. The number of aromatic hydroxyl groups is 2. The van der Waals surface area contributed by atoms with Gasteiger partial charge in [-0.2, -0.15) is 0 Å². The molecule has 0 aromatic heterocycles. The Kier molecular flexibility index (Phi) is 7.26. The van der Waals surface area contributed by atoms with Crippen molar-refractivity contribution in [1.82, 2.24) is 0 Å². The molecule has 0 aliphatic carbocycles. The van der Waals surface area contributed by atoms with Gasteiger partial charge in [0.15, 0.2) is 5.60 Å². The van der Waals surface area contributed by atoms with Crippen LogP contribution >= 0.6 is 21.6 Å². The van der Waals surface area contributed by atoms with Gasteiger partial charge in [-0.25, -0.2) is 4.79 Å². The van der Waals surface area contributed by atoms with Crippen molar-refractivity contribution in [2.24, 2.45) is 0 Å². The molecular weight excluding hydrogens is 512 g/mol. The van der Waals surface area contributed by atoms with Gasteiger partial charge >= 0.3 is 11.9 Å². The van der Waals surface area contributed by atoms with E-state index >= 15 is 0 Å². The maximum absolute atomic E-state index is 12.5. The van der Waals surface area contributed by atoms with E-state index in [0.29, 0.717) is 40.2 Å². The summed E-state index contributed by atoms with van der Waals surface area (Å²) in [7, 11) is 3.92. The minimum atomic E-state index is -1.17. The first-order valence-corrected chi connectivity index (χ1v) is 14.4. The van der Waals surface area contributed by atoms with Gasteiger partial charge in [0, 0.05) is 46.2 Å². The molecular formula is C28H26O7S2. The predicted octanol–water partition coefficient (Wildman–Crippen LogP) is 6.45. The van der Waals surface area contributed by atoms with Crippen LogP contribution in [0.15, 0.2) is 60.7 Å². The molecule has 1 saturated heterocycles. The van der Waals surface area contributed by atoms with Crippen molar-refractivity contribution < 1.29 is 34.4 Å². The first-order chi connectivity index (χ1) is 17.9. The molecule has 192 valence electrons. The van der Waals surface area contributed by atoms with Gasteiger partial charge in [-0.1, -0.05) is 46.2 Å². The summed E-state index contributed by atoms with van der Waals surface area (Å²) in [6.07, 6.45) is 4.76. The fourth-order valence-corrected chi connectivity index (χ4v) is 7.89. The van der Waals surface area contributed by atoms with Crippen LogP contribution in [0.1, 0.15) is 59.2 Å². The molecule has 1 fully saturated rings. The third-order valence-electron chi connectivity index (χ3n) is 6.57. The van der Waals surface area contributed by atoms with Crippen molar-refractivity contribution in [2.75, 3.05) is 5.75 Å². The third-order valence-corrected chi connectivity index (χ3v) is 9.58. The van der Waals surface area contributed by atoms with Crippen LogP contribution in [0, 0.1) is 0 Å². The average Bonchev–Trinajstić information content (AvgIpc) is 3.49. The maximum Gasteiger partial charge on any atom is 0.340 e. The zero-order valence-electron chi connectivity index (χ0n) is 19.9. The summed E-state index contributed by atoms with van der Waals surface area (Å²) in [5, 5.41) is 28.9. The molecule has 3 aliphatic rings. The quantitative estimate of drug-likeness (QED) is 0.192. The third kappa shape index (κ3) is 4.98. The summed E-state index contributed by atoms with van der Waals surface area (Å²) in [6.45, 7) is 0. The monoisotopic (exact) mass is 538 g/mol. The lowest BCUT2D eigenvalue weighted by molar-refractivity contribution is -0.137. The number of fused-ring (bicyclic) bond motifs is 6. The normalized spacial score (nSPS) is 18.1. The number of carboxylic acids is 1. The number of phenolic OH excluding ortho intramolecular Hbond substituents is 2. The number of hydrogen-bond donors (Lipinski definition) is 3. The first-order valence-electron chi connectivity index (χ1n) is 12.1. The molecule has 3 heterocycles. The number of esters is 1. The van der Waals surface area contributed by atoms with Crippen LogP contribution < -0.4 is 4.74 Å². The molecule has 3 N–H and O–H groups in total. The second-order valence-electron chi connectivity index (χ2n) is 9.05. The smallest absolute Gasteiger partial charge is 0.340 e. The molecule has 0 radical (unpaired) electrons. The highest BCUT2D eigenvalue weighted by Crippen LogP contribution is 2.56. The number of ether oxygens (including phenoxy) is 2. The van der Waals surface area contributed by atoms with Crippen molar-refractivity contribution in [1.29, 1.82) is 0 Å². The average molecular weight is 539 g/mol. The van der Waals surface area contributed by atoms with E-state index < -0.39 is 17.5 Å². The molecule has 1 spiro atoms. The molecule has 6 rings (SSSR count). The number of carbonyl (C=O) groups is 2. The molecule has 0 bridgehead atoms. The van der Waals surface area contributed by atoms with Gasteiger partial charge in [-0.15, -0.1) is 0 Å². The molecule has 3 aliphatic heterocycles. The number of carboxylic acid groups (broad SMARTS) is 1. The van der Waals surface area contributed by atoms with E-state index in [9.17, 15) is 19.8 Å². The number of carbonyl (C=O) groups excluding carboxylic acids is 1. The van der Waals surface area contributed by atoms with Crippen molar-refractivity contribution in [3.63, 3.8) is 0 Å². The molecule has 37 heavy (non-hydrogen) atoms. The summed E-state index contributed by atoms with van der Waals surface area (Å²) >= 11 is 0. The number of aliphatic carboxylic acids is 1. The molecule has 3 aromatic rings. The Balaban J connectivity index is 0.000000198. The molecule has 9 heteroatoms. The van der Waals surface area contributed by atoms with Gasteiger partial charge in [0.1, 0.15) is 23.0 Å². The van der Waals surface area contributed by atoms with Crippen LogP contribution in [0.5, 0.6) is 23.0 Å². The van der Waals surface area contributed by atoms with Crippen LogP contribution in [0.4, 0.5) is 0 Å². The minimum absolute atomic E-state index is 0.0371. The Labute approximate surface area is 222 Å². The standard InChI is InChI=1S/C20H12O5.C8H14O2S2/c21-11-5-7-15-17(9-11)24-18-10-12(22)6-8-16(18)20(15)14-4-2-1-3-13(14)19(23)25-20;9-8(10)4-2-1-3-7-5-6-11-12-7/h1-10,21-22H;7H,1-6H2,(H,9,10). The molecule has 0 saturated carbocycles. The second kappa shape index (κ2) is 10.6. The highest BCUT2D eigenvalue weighted by molar-refractivity contribution is 8.77. The van der Waals surface area contributed by atoms with E-state index in [4.69, 9.17) is 14.6 Å². The topological polar surface area (TPSA) is 113 Å². The minimum Gasteiger partial charge on any atom is -0.508 e. The van der Waals surface area contributed by atoms with E-state index in [2.05, 4.69) is 0 Å². The van der Waals surface area contributed by atoms with Gasteiger partial charge in [-0.05, 0) is 49.6 Å². The fraction of sp³-hybridized carbons (Fsp3) is 0.286. The Morgan fingerprint density at radius 3 is 2.24 bits per heavy atom. The molecule has 0 amide bonds. The van der Waals surface area contributed by atoms with E-state index in [-0.39, 0.29) is 11.5 Å². The Bertz CT molecular complexity index is 1280. The molecule has 7 nitrogen and oxygen atoms in total. The Morgan fingerprint density at radius 1 is 0.946 bits per heavy atom.